The summed E-state index contributed by atoms with van der Waals surface area (Å²) in [6, 6.07) is 6.07. The topological polar surface area (TPSA) is 33.2 Å². The summed E-state index contributed by atoms with van der Waals surface area (Å²) in [5.74, 6) is 0.151. The molecule has 2 rings (SSSR count). The van der Waals surface area contributed by atoms with Crippen molar-refractivity contribution < 1.29 is 4.79 Å². The van der Waals surface area contributed by atoms with Crippen molar-refractivity contribution >= 4 is 5.91 Å². The van der Waals surface area contributed by atoms with Gasteiger partial charge in [0.05, 0.1) is 11.7 Å². The number of nitrogens with zero attached hydrogens (tertiary/aromatic N) is 2. The van der Waals surface area contributed by atoms with Crippen molar-refractivity contribution in [2.45, 2.75) is 25.8 Å². The van der Waals surface area contributed by atoms with Crippen LogP contribution in [0.3, 0.4) is 0 Å². The van der Waals surface area contributed by atoms with Gasteiger partial charge in [0, 0.05) is 19.7 Å². The van der Waals surface area contributed by atoms with E-state index in [1.807, 2.05) is 23.1 Å². The molecule has 1 saturated heterocycles. The van der Waals surface area contributed by atoms with Crippen molar-refractivity contribution in [3.63, 3.8) is 0 Å². The zero-order chi connectivity index (χ0) is 9.97. The summed E-state index contributed by atoms with van der Waals surface area (Å²) in [4.78, 5) is 17.5. The molecule has 3 nitrogen and oxygen atoms in total. The molecule has 14 heavy (non-hydrogen) atoms. The molecule has 1 atom stereocenters. The van der Waals surface area contributed by atoms with E-state index in [0.717, 1.165) is 25.1 Å². The summed E-state index contributed by atoms with van der Waals surface area (Å²) in [7, 11) is 0. The van der Waals surface area contributed by atoms with Crippen LogP contribution in [0, 0.1) is 0 Å². The first-order valence-corrected chi connectivity index (χ1v) is 4.97. The van der Waals surface area contributed by atoms with Gasteiger partial charge in [-0.25, -0.2) is 0 Å². The molecular formula is C11H14N2O. The van der Waals surface area contributed by atoms with Gasteiger partial charge in [-0.2, -0.15) is 0 Å². The molecular weight excluding hydrogens is 176 g/mol. The Morgan fingerprint density at radius 3 is 3.07 bits per heavy atom. The van der Waals surface area contributed by atoms with Gasteiger partial charge in [0.25, 0.3) is 0 Å². The molecule has 1 amide bonds. The molecule has 0 radical (unpaired) electrons. The highest BCUT2D eigenvalue weighted by atomic mass is 16.2. The molecule has 3 heteroatoms. The molecule has 1 fully saturated rings. The zero-order valence-corrected chi connectivity index (χ0v) is 8.31. The van der Waals surface area contributed by atoms with E-state index in [4.69, 9.17) is 0 Å². The minimum atomic E-state index is 0.151. The van der Waals surface area contributed by atoms with Gasteiger partial charge < -0.3 is 4.90 Å². The van der Waals surface area contributed by atoms with Crippen molar-refractivity contribution in [3.8, 4) is 0 Å². The smallest absolute Gasteiger partial charge is 0.220 e. The van der Waals surface area contributed by atoms with E-state index in [-0.39, 0.29) is 11.9 Å². The molecule has 1 unspecified atom stereocenters. The molecule has 1 aliphatic rings. The summed E-state index contributed by atoms with van der Waals surface area (Å²) in [5, 5.41) is 0. The molecule has 1 aromatic heterocycles. The number of amides is 1. The summed E-state index contributed by atoms with van der Waals surface area (Å²) in [6.07, 6.45) is 3.91. The molecule has 0 bridgehead atoms. The van der Waals surface area contributed by atoms with Crippen LogP contribution in [0.25, 0.3) is 0 Å². The van der Waals surface area contributed by atoms with Crippen LogP contribution >= 0.6 is 0 Å². The Labute approximate surface area is 83.8 Å². The number of pyridine rings is 1. The second-order valence-corrected chi connectivity index (χ2v) is 3.63. The van der Waals surface area contributed by atoms with E-state index < -0.39 is 0 Å². The third-order valence-electron chi connectivity index (χ3n) is 2.69. The van der Waals surface area contributed by atoms with Gasteiger partial charge in [0.1, 0.15) is 0 Å². The van der Waals surface area contributed by atoms with E-state index in [2.05, 4.69) is 4.98 Å². The maximum absolute atomic E-state index is 11.3. The first kappa shape index (κ1) is 9.19. The third-order valence-corrected chi connectivity index (χ3v) is 2.69. The van der Waals surface area contributed by atoms with Gasteiger partial charge >= 0.3 is 0 Å². The van der Waals surface area contributed by atoms with Crippen LogP contribution in [-0.2, 0) is 4.79 Å². The van der Waals surface area contributed by atoms with Crippen LogP contribution in [0.2, 0.25) is 0 Å². The lowest BCUT2D eigenvalue weighted by Crippen LogP contribution is -2.28. The van der Waals surface area contributed by atoms with Crippen LogP contribution in [0.1, 0.15) is 31.5 Å². The lowest BCUT2D eigenvalue weighted by Gasteiger charge is -2.22. The van der Waals surface area contributed by atoms with E-state index in [9.17, 15) is 4.79 Å². The summed E-state index contributed by atoms with van der Waals surface area (Å²) in [6.45, 7) is 2.50. The molecule has 0 spiro atoms. The fourth-order valence-corrected chi connectivity index (χ4v) is 2.02. The fraction of sp³-hybridized carbons (Fsp3) is 0.455. The Kier molecular flexibility index (Phi) is 2.48. The first-order chi connectivity index (χ1) is 6.79. The lowest BCUT2D eigenvalue weighted by molar-refractivity contribution is -0.129. The van der Waals surface area contributed by atoms with E-state index in [1.54, 1.807) is 13.1 Å². The fourth-order valence-electron chi connectivity index (χ4n) is 2.02. The molecule has 0 aromatic carbocycles. The number of hydrogen-bond acceptors (Lipinski definition) is 2. The summed E-state index contributed by atoms with van der Waals surface area (Å²) >= 11 is 0. The van der Waals surface area contributed by atoms with Crippen molar-refractivity contribution in [2.75, 3.05) is 6.54 Å². The Morgan fingerprint density at radius 2 is 2.43 bits per heavy atom. The molecule has 0 N–H and O–H groups in total. The van der Waals surface area contributed by atoms with Crippen LogP contribution in [0.15, 0.2) is 24.4 Å². The molecule has 2 heterocycles. The van der Waals surface area contributed by atoms with Crippen molar-refractivity contribution in [1.29, 1.82) is 0 Å². The van der Waals surface area contributed by atoms with Gasteiger partial charge in [0.15, 0.2) is 0 Å². The first-order valence-electron chi connectivity index (χ1n) is 4.97. The van der Waals surface area contributed by atoms with Crippen LogP contribution in [0.4, 0.5) is 0 Å². The molecule has 1 aliphatic heterocycles. The number of hydrogen-bond donors (Lipinski definition) is 0. The van der Waals surface area contributed by atoms with Crippen LogP contribution in [-0.4, -0.2) is 22.3 Å². The quantitative estimate of drug-likeness (QED) is 0.676. The summed E-state index contributed by atoms with van der Waals surface area (Å²) < 4.78 is 0. The predicted octanol–water partition coefficient (Wildman–Crippen LogP) is 1.77. The van der Waals surface area contributed by atoms with Gasteiger partial charge in [-0.05, 0) is 25.0 Å². The Balaban J connectivity index is 2.22. The highest BCUT2D eigenvalue weighted by Crippen LogP contribution is 2.30. The largest absolute Gasteiger partial charge is 0.334 e. The number of rotatable bonds is 1. The second-order valence-electron chi connectivity index (χ2n) is 3.63. The monoisotopic (exact) mass is 190 g/mol. The average molecular weight is 190 g/mol. The zero-order valence-electron chi connectivity index (χ0n) is 8.31. The third kappa shape index (κ3) is 1.62. The van der Waals surface area contributed by atoms with E-state index in [0.29, 0.717) is 0 Å². The van der Waals surface area contributed by atoms with E-state index in [1.165, 1.54) is 0 Å². The summed E-state index contributed by atoms with van der Waals surface area (Å²) in [5.41, 5.74) is 1.01. The van der Waals surface area contributed by atoms with Crippen LogP contribution in [0.5, 0.6) is 0 Å². The molecule has 1 aromatic rings. The Bertz CT molecular complexity index is 323. The average Bonchev–Trinajstić information content (AvgIpc) is 2.67. The van der Waals surface area contributed by atoms with E-state index >= 15 is 0 Å². The number of aromatic nitrogens is 1. The SMILES string of the molecule is CC(=O)N1CCCC1c1ccccn1. The lowest BCUT2D eigenvalue weighted by atomic mass is 10.1. The van der Waals surface area contributed by atoms with Gasteiger partial charge in [-0.3, -0.25) is 9.78 Å². The maximum atomic E-state index is 11.3. The van der Waals surface area contributed by atoms with Crippen molar-refractivity contribution in [3.05, 3.63) is 30.1 Å². The Hall–Kier alpha value is -1.38. The standard InChI is InChI=1S/C11H14N2O/c1-9(14)13-8-4-6-11(13)10-5-2-3-7-12-10/h2-3,5,7,11H,4,6,8H2,1H3. The highest BCUT2D eigenvalue weighted by Gasteiger charge is 2.28. The highest BCUT2D eigenvalue weighted by molar-refractivity contribution is 5.74. The molecule has 0 aliphatic carbocycles. The minimum Gasteiger partial charge on any atom is -0.334 e. The minimum absolute atomic E-state index is 0.151. The number of carbonyl (C=O) groups is 1. The number of likely N-dealkylation sites (tertiary alicyclic amines) is 1. The predicted molar refractivity (Wildman–Crippen MR) is 53.6 cm³/mol. The second kappa shape index (κ2) is 3.78. The van der Waals surface area contributed by atoms with Gasteiger partial charge in [-0.15, -0.1) is 0 Å². The molecule has 74 valence electrons. The normalized spacial score (nSPS) is 21.2. The van der Waals surface area contributed by atoms with Gasteiger partial charge in [0.2, 0.25) is 5.91 Å². The van der Waals surface area contributed by atoms with Crippen molar-refractivity contribution in [1.82, 2.24) is 9.88 Å². The Morgan fingerprint density at radius 1 is 1.57 bits per heavy atom. The van der Waals surface area contributed by atoms with Crippen LogP contribution < -0.4 is 0 Å². The maximum Gasteiger partial charge on any atom is 0.220 e. The molecule has 0 saturated carbocycles. The van der Waals surface area contributed by atoms with Gasteiger partial charge in [-0.1, -0.05) is 6.07 Å². The number of carbonyl (C=O) groups excluding carboxylic acids is 1. The van der Waals surface area contributed by atoms with Crippen molar-refractivity contribution in [2.24, 2.45) is 0 Å².